The third-order valence-corrected chi connectivity index (χ3v) is 10.2. The monoisotopic (exact) mass is 437 g/mol. The number of carbonyl (C=O) groups is 1. The summed E-state index contributed by atoms with van der Waals surface area (Å²) < 4.78 is 1.65. The minimum atomic E-state index is -0.476. The predicted octanol–water partition coefficient (Wildman–Crippen LogP) is 5.12. The van der Waals surface area contributed by atoms with Crippen LogP contribution < -0.4 is 0 Å². The molecule has 4 aliphatic carbocycles. The van der Waals surface area contributed by atoms with Crippen molar-refractivity contribution in [2.45, 2.75) is 96.6 Å². The van der Waals surface area contributed by atoms with Crippen LogP contribution in [0.15, 0.2) is 12.4 Å². The van der Waals surface area contributed by atoms with E-state index in [0.717, 1.165) is 56.3 Å². The van der Waals surface area contributed by atoms with E-state index in [1.165, 1.54) is 32.1 Å². The molecule has 4 aliphatic rings. The summed E-state index contributed by atoms with van der Waals surface area (Å²) >= 11 is 0. The first kappa shape index (κ1) is 22.1. The van der Waals surface area contributed by atoms with Gasteiger partial charge in [-0.1, -0.05) is 19.8 Å². The fourth-order valence-electron chi connectivity index (χ4n) is 8.82. The number of fused-ring (bicyclic) bond motifs is 5. The van der Waals surface area contributed by atoms with Gasteiger partial charge in [-0.2, -0.15) is 10.4 Å². The van der Waals surface area contributed by atoms with Crippen molar-refractivity contribution in [2.75, 3.05) is 0 Å². The summed E-state index contributed by atoms with van der Waals surface area (Å²) in [6.45, 7) is 4.77. The number of hydrogen-bond donors (Lipinski definition) is 1. The van der Waals surface area contributed by atoms with Gasteiger partial charge < -0.3 is 5.11 Å². The van der Waals surface area contributed by atoms with Crippen molar-refractivity contribution in [1.82, 2.24) is 9.78 Å². The zero-order valence-electron chi connectivity index (χ0n) is 19.8. The minimum absolute atomic E-state index is 0.102. The van der Waals surface area contributed by atoms with Crippen molar-refractivity contribution in [1.29, 1.82) is 5.26 Å². The summed E-state index contributed by atoms with van der Waals surface area (Å²) in [5.41, 5.74) is 0.144. The number of aromatic nitrogens is 2. The number of ketones is 1. The van der Waals surface area contributed by atoms with E-state index in [1.54, 1.807) is 17.1 Å². The molecule has 8 atom stereocenters. The van der Waals surface area contributed by atoms with Crippen LogP contribution in [-0.2, 0) is 11.3 Å². The zero-order valence-corrected chi connectivity index (χ0v) is 19.8. The van der Waals surface area contributed by atoms with Gasteiger partial charge in [0.15, 0.2) is 5.78 Å². The van der Waals surface area contributed by atoms with E-state index in [2.05, 4.69) is 25.0 Å². The molecule has 0 radical (unpaired) electrons. The first-order valence-electron chi connectivity index (χ1n) is 13.0. The second kappa shape index (κ2) is 8.28. The van der Waals surface area contributed by atoms with Gasteiger partial charge in [-0.3, -0.25) is 9.48 Å². The molecule has 5 nitrogen and oxygen atoms in total. The summed E-state index contributed by atoms with van der Waals surface area (Å²) in [6, 6.07) is 2.11. The molecule has 0 saturated heterocycles. The highest BCUT2D eigenvalue weighted by Crippen LogP contribution is 2.63. The van der Waals surface area contributed by atoms with Crippen LogP contribution in [0.1, 0.15) is 90.0 Å². The fraction of sp³-hybridized carbons (Fsp3) is 0.815. The number of nitriles is 1. The Hall–Kier alpha value is -1.67. The van der Waals surface area contributed by atoms with Gasteiger partial charge in [0.05, 0.1) is 23.9 Å². The van der Waals surface area contributed by atoms with Crippen molar-refractivity contribution < 1.29 is 9.90 Å². The van der Waals surface area contributed by atoms with E-state index in [1.807, 2.05) is 0 Å². The Morgan fingerprint density at radius 2 is 1.97 bits per heavy atom. The Morgan fingerprint density at radius 1 is 1.12 bits per heavy atom. The number of aliphatic hydroxyl groups is 1. The third-order valence-electron chi connectivity index (χ3n) is 10.2. The van der Waals surface area contributed by atoms with Crippen molar-refractivity contribution in [3.63, 3.8) is 0 Å². The quantitative estimate of drug-likeness (QED) is 0.711. The van der Waals surface area contributed by atoms with E-state index >= 15 is 0 Å². The molecule has 0 spiro atoms. The summed E-state index contributed by atoms with van der Waals surface area (Å²) in [4.78, 5) is 13.5. The molecule has 5 rings (SSSR count). The summed E-state index contributed by atoms with van der Waals surface area (Å²) in [7, 11) is 0. The van der Waals surface area contributed by atoms with Crippen LogP contribution >= 0.6 is 0 Å². The maximum atomic E-state index is 13.5. The smallest absolute Gasteiger partial charge is 0.157 e. The number of nitrogens with zero attached hydrogens (tertiary/aromatic N) is 3. The number of rotatable bonds is 3. The van der Waals surface area contributed by atoms with Gasteiger partial charge in [-0.15, -0.1) is 0 Å². The molecular weight excluding hydrogens is 398 g/mol. The van der Waals surface area contributed by atoms with Gasteiger partial charge in [0, 0.05) is 12.1 Å². The van der Waals surface area contributed by atoms with E-state index in [0.29, 0.717) is 29.7 Å². The standard InChI is InChI=1S/C27H39N3O2/c1-26(32)11-4-5-20-19(13-26)8-9-22-21(20)10-12-27(2)23(22)6-3-7-24(27)25(31)17-30-16-18(14-28)15-29-30/h15-16,19-24,32H,3-13,17H2,1-2H3/t19-,20+,21-,22-,23+,24-,26-,27+/m1/s1. The Kier molecular flexibility index (Phi) is 5.73. The number of hydrogen-bond acceptors (Lipinski definition) is 4. The predicted molar refractivity (Wildman–Crippen MR) is 122 cm³/mol. The van der Waals surface area contributed by atoms with Gasteiger partial charge in [-0.05, 0) is 99.7 Å². The molecule has 0 unspecified atom stereocenters. The second-order valence-corrected chi connectivity index (χ2v) is 12.1. The van der Waals surface area contributed by atoms with Crippen LogP contribution in [0.2, 0.25) is 0 Å². The van der Waals surface area contributed by atoms with Crippen LogP contribution in [0.4, 0.5) is 0 Å². The number of Topliss-reactive ketones (excluding diaryl/α,β-unsaturated/α-hetero) is 1. The highest BCUT2D eigenvalue weighted by Gasteiger charge is 2.56. The average molecular weight is 438 g/mol. The first-order chi connectivity index (χ1) is 15.3. The molecule has 1 heterocycles. The molecule has 0 aliphatic heterocycles. The highest BCUT2D eigenvalue weighted by atomic mass is 16.3. The van der Waals surface area contributed by atoms with Crippen molar-refractivity contribution >= 4 is 5.78 Å². The summed E-state index contributed by atoms with van der Waals surface area (Å²) in [6.07, 6.45) is 16.0. The van der Waals surface area contributed by atoms with Crippen LogP contribution in [0.25, 0.3) is 0 Å². The average Bonchev–Trinajstić information content (AvgIpc) is 3.14. The van der Waals surface area contributed by atoms with Gasteiger partial charge in [0.2, 0.25) is 0 Å². The van der Waals surface area contributed by atoms with Gasteiger partial charge >= 0.3 is 0 Å². The Bertz CT molecular complexity index is 899. The lowest BCUT2D eigenvalue weighted by Crippen LogP contribution is -2.54. The van der Waals surface area contributed by atoms with Crippen molar-refractivity contribution in [2.24, 2.45) is 40.9 Å². The molecule has 32 heavy (non-hydrogen) atoms. The Labute approximate surface area is 192 Å². The highest BCUT2D eigenvalue weighted by molar-refractivity contribution is 5.81. The molecular formula is C27H39N3O2. The molecule has 1 aromatic heterocycles. The maximum absolute atomic E-state index is 13.5. The summed E-state index contributed by atoms with van der Waals surface area (Å²) in [5.74, 6) is 4.08. The lowest BCUT2D eigenvalue weighted by molar-refractivity contribution is -0.144. The minimum Gasteiger partial charge on any atom is -0.390 e. The topological polar surface area (TPSA) is 78.9 Å². The molecule has 5 heteroatoms. The van der Waals surface area contributed by atoms with Gasteiger partial charge in [0.1, 0.15) is 6.07 Å². The zero-order chi connectivity index (χ0) is 22.5. The molecule has 4 saturated carbocycles. The van der Waals surface area contributed by atoms with Crippen molar-refractivity contribution in [3.05, 3.63) is 18.0 Å². The molecule has 1 aromatic rings. The van der Waals surface area contributed by atoms with Gasteiger partial charge in [0.25, 0.3) is 0 Å². The van der Waals surface area contributed by atoms with Crippen LogP contribution in [0, 0.1) is 52.3 Å². The van der Waals surface area contributed by atoms with Crippen LogP contribution in [0.5, 0.6) is 0 Å². The maximum Gasteiger partial charge on any atom is 0.157 e. The lowest BCUT2D eigenvalue weighted by atomic mass is 9.45. The Balaban J connectivity index is 1.34. The lowest BCUT2D eigenvalue weighted by Gasteiger charge is -2.59. The van der Waals surface area contributed by atoms with Gasteiger partial charge in [-0.25, -0.2) is 0 Å². The SMILES string of the molecule is C[C@@]1(O)CCC[C@H]2[C@H](CC[C@@H]3[C@@H]2CC[C@]2(C)[C@@H](C(=O)Cn4cc(C#N)cn4)CCC[C@@H]32)C1. The molecule has 0 amide bonds. The first-order valence-corrected chi connectivity index (χ1v) is 13.0. The third kappa shape index (κ3) is 3.83. The summed E-state index contributed by atoms with van der Waals surface area (Å²) in [5, 5.41) is 24.1. The second-order valence-electron chi connectivity index (χ2n) is 12.1. The van der Waals surface area contributed by atoms with E-state index < -0.39 is 5.60 Å². The molecule has 1 N–H and O–H groups in total. The van der Waals surface area contributed by atoms with E-state index in [4.69, 9.17) is 5.26 Å². The fourth-order valence-corrected chi connectivity index (χ4v) is 8.82. The van der Waals surface area contributed by atoms with Crippen molar-refractivity contribution in [3.8, 4) is 6.07 Å². The Morgan fingerprint density at radius 3 is 2.75 bits per heavy atom. The molecule has 0 bridgehead atoms. The molecule has 4 fully saturated rings. The van der Waals surface area contributed by atoms with Crippen LogP contribution in [-0.4, -0.2) is 26.3 Å². The number of carbonyl (C=O) groups excluding carboxylic acids is 1. The van der Waals surface area contributed by atoms with E-state index in [9.17, 15) is 9.90 Å². The normalized spacial score (nSPS) is 43.8. The van der Waals surface area contributed by atoms with E-state index in [-0.39, 0.29) is 11.3 Å². The molecule has 0 aromatic carbocycles. The largest absolute Gasteiger partial charge is 0.390 e. The molecule has 174 valence electrons. The van der Waals surface area contributed by atoms with Crippen LogP contribution in [0.3, 0.4) is 0 Å².